The topological polar surface area (TPSA) is 91.9 Å². The molecule has 1 aromatic heterocycles. The van der Waals surface area contributed by atoms with Crippen LogP contribution in [0.4, 0.5) is 0 Å². The monoisotopic (exact) mass is 362 g/mol. The van der Waals surface area contributed by atoms with Crippen molar-refractivity contribution in [2.45, 2.75) is 20.4 Å². The van der Waals surface area contributed by atoms with Crippen LogP contribution in [0.15, 0.2) is 41.4 Å². The zero-order valence-electron chi connectivity index (χ0n) is 15.0. The van der Waals surface area contributed by atoms with Gasteiger partial charge in [0, 0.05) is 23.4 Å². The van der Waals surface area contributed by atoms with E-state index < -0.39 is 11.9 Å². The Hall–Kier alpha value is -3.41. The summed E-state index contributed by atoms with van der Waals surface area (Å²) in [5.74, 6) is -2.55. The Morgan fingerprint density at radius 3 is 2.67 bits per heavy atom. The number of benzene rings is 2. The first-order chi connectivity index (χ1) is 12.9. The van der Waals surface area contributed by atoms with Gasteiger partial charge in [0.25, 0.3) is 0 Å². The molecule has 1 aliphatic rings. The highest BCUT2D eigenvalue weighted by molar-refractivity contribution is 6.26. The van der Waals surface area contributed by atoms with Crippen LogP contribution in [-0.2, 0) is 16.1 Å². The predicted octanol–water partition coefficient (Wildman–Crippen LogP) is 3.48. The summed E-state index contributed by atoms with van der Waals surface area (Å²) in [7, 11) is 0. The molecule has 0 saturated carbocycles. The number of aryl methyl sites for hydroxylation is 1. The van der Waals surface area contributed by atoms with E-state index in [0.717, 1.165) is 44.7 Å². The normalized spacial score (nSPS) is 14.3. The van der Waals surface area contributed by atoms with Crippen molar-refractivity contribution >= 4 is 44.9 Å². The van der Waals surface area contributed by atoms with Crippen LogP contribution in [0.2, 0.25) is 0 Å². The first kappa shape index (κ1) is 17.0. The van der Waals surface area contributed by atoms with Crippen molar-refractivity contribution in [3.63, 3.8) is 0 Å². The molecule has 2 heterocycles. The molecule has 136 valence electrons. The van der Waals surface area contributed by atoms with Gasteiger partial charge in [0.1, 0.15) is 0 Å². The number of hydrogen-bond donors (Lipinski definition) is 2. The minimum Gasteiger partial charge on any atom is -0.478 e. The quantitative estimate of drug-likeness (QED) is 0.698. The number of nitrogens with zero attached hydrogens (tertiary/aromatic N) is 2. The van der Waals surface area contributed by atoms with Crippen LogP contribution in [0.1, 0.15) is 23.7 Å². The molecule has 2 N–H and O–H groups in total. The van der Waals surface area contributed by atoms with Crippen LogP contribution in [-0.4, -0.2) is 39.0 Å². The van der Waals surface area contributed by atoms with Crippen LogP contribution in [0.25, 0.3) is 27.2 Å². The molecule has 3 aromatic rings. The molecule has 0 unspecified atom stereocenters. The lowest BCUT2D eigenvalue weighted by Crippen LogP contribution is -2.15. The lowest BCUT2D eigenvalue weighted by molar-refractivity contribution is -0.133. The molecule has 1 aliphatic heterocycles. The lowest BCUT2D eigenvalue weighted by atomic mass is 9.93. The third-order valence-corrected chi connectivity index (χ3v) is 5.06. The molecule has 0 fully saturated rings. The zero-order chi connectivity index (χ0) is 19.3. The van der Waals surface area contributed by atoms with E-state index in [9.17, 15) is 14.7 Å². The maximum Gasteiger partial charge on any atom is 0.336 e. The Kier molecular flexibility index (Phi) is 3.84. The maximum atomic E-state index is 11.8. The van der Waals surface area contributed by atoms with Crippen molar-refractivity contribution in [1.29, 1.82) is 0 Å². The maximum absolute atomic E-state index is 11.8. The molecule has 0 saturated heterocycles. The van der Waals surface area contributed by atoms with Crippen LogP contribution in [0.3, 0.4) is 0 Å². The molecule has 27 heavy (non-hydrogen) atoms. The van der Waals surface area contributed by atoms with Crippen LogP contribution < -0.4 is 0 Å². The summed E-state index contributed by atoms with van der Waals surface area (Å²) in [6, 6.07) is 9.53. The van der Waals surface area contributed by atoms with E-state index in [0.29, 0.717) is 18.7 Å². The van der Waals surface area contributed by atoms with Gasteiger partial charge in [-0.15, -0.1) is 0 Å². The van der Waals surface area contributed by atoms with E-state index in [-0.39, 0.29) is 5.57 Å². The average Bonchev–Trinajstić information content (AvgIpc) is 2.98. The Balaban J connectivity index is 2.21. The SMILES string of the molecule is CC1=NCCn2c1cc1cc(C)c3cccc(C(=CC(=O)O)C(=O)O)c3c12. The van der Waals surface area contributed by atoms with Gasteiger partial charge in [-0.3, -0.25) is 4.99 Å². The van der Waals surface area contributed by atoms with Gasteiger partial charge in [-0.2, -0.15) is 0 Å². The molecular formula is C21H18N2O4. The third-order valence-electron chi connectivity index (χ3n) is 5.06. The fraction of sp³-hybridized carbons (Fsp3) is 0.190. The number of carboxylic acids is 2. The second kappa shape index (κ2) is 6.09. The van der Waals surface area contributed by atoms with Crippen molar-refractivity contribution in [2.24, 2.45) is 4.99 Å². The molecule has 6 nitrogen and oxygen atoms in total. The van der Waals surface area contributed by atoms with E-state index >= 15 is 0 Å². The van der Waals surface area contributed by atoms with E-state index in [1.165, 1.54) is 0 Å². The minimum absolute atomic E-state index is 0.225. The molecule has 0 radical (unpaired) electrons. The van der Waals surface area contributed by atoms with E-state index in [1.54, 1.807) is 12.1 Å². The summed E-state index contributed by atoms with van der Waals surface area (Å²) in [6.07, 6.45) is 0.762. The number of hydrogen-bond acceptors (Lipinski definition) is 3. The Morgan fingerprint density at radius 2 is 1.96 bits per heavy atom. The molecule has 0 atom stereocenters. The average molecular weight is 362 g/mol. The zero-order valence-corrected chi connectivity index (χ0v) is 15.0. The predicted molar refractivity (Wildman–Crippen MR) is 105 cm³/mol. The molecule has 4 rings (SSSR count). The van der Waals surface area contributed by atoms with Crippen molar-refractivity contribution in [1.82, 2.24) is 4.57 Å². The molecule has 2 aromatic carbocycles. The molecule has 0 spiro atoms. The smallest absolute Gasteiger partial charge is 0.336 e. The first-order valence-corrected chi connectivity index (χ1v) is 8.63. The fourth-order valence-electron chi connectivity index (χ4n) is 3.94. The van der Waals surface area contributed by atoms with Gasteiger partial charge < -0.3 is 14.8 Å². The third kappa shape index (κ3) is 2.61. The molecule has 0 aliphatic carbocycles. The Bertz CT molecular complexity index is 1200. The minimum atomic E-state index is -1.28. The summed E-state index contributed by atoms with van der Waals surface area (Å²) in [5, 5.41) is 21.5. The standard InChI is InChI=1S/C21H18N2O4/c1-11-8-13-9-17-12(2)22-6-7-23(17)20(13)19-14(11)4-3-5-15(19)16(21(26)27)10-18(24)25/h3-5,8-10H,6-7H2,1-2H3,(H,24,25)(H,26,27). The van der Waals surface area contributed by atoms with Gasteiger partial charge in [-0.25, -0.2) is 9.59 Å². The number of carbonyl (C=O) groups is 2. The number of aromatic nitrogens is 1. The van der Waals surface area contributed by atoms with Gasteiger partial charge in [0.15, 0.2) is 0 Å². The summed E-state index contributed by atoms with van der Waals surface area (Å²) < 4.78 is 2.16. The summed E-state index contributed by atoms with van der Waals surface area (Å²) >= 11 is 0. The highest BCUT2D eigenvalue weighted by Gasteiger charge is 2.22. The largest absolute Gasteiger partial charge is 0.478 e. The van der Waals surface area contributed by atoms with Crippen molar-refractivity contribution < 1.29 is 19.8 Å². The van der Waals surface area contributed by atoms with Gasteiger partial charge in [0.2, 0.25) is 0 Å². The fourth-order valence-corrected chi connectivity index (χ4v) is 3.94. The number of rotatable bonds is 3. The lowest BCUT2D eigenvalue weighted by Gasteiger charge is -2.17. The van der Waals surface area contributed by atoms with Crippen LogP contribution in [0, 0.1) is 6.92 Å². The molecule has 6 heteroatoms. The van der Waals surface area contributed by atoms with Gasteiger partial charge in [-0.1, -0.05) is 18.2 Å². The van der Waals surface area contributed by atoms with Gasteiger partial charge >= 0.3 is 11.9 Å². The highest BCUT2D eigenvalue weighted by Crippen LogP contribution is 2.36. The second-order valence-corrected chi connectivity index (χ2v) is 6.71. The summed E-state index contributed by atoms with van der Waals surface area (Å²) in [4.78, 5) is 27.5. The Labute approximate surface area is 155 Å². The van der Waals surface area contributed by atoms with Gasteiger partial charge in [-0.05, 0) is 42.5 Å². The van der Waals surface area contributed by atoms with Crippen molar-refractivity contribution in [2.75, 3.05) is 6.54 Å². The summed E-state index contributed by atoms with van der Waals surface area (Å²) in [6.45, 7) is 5.31. The Morgan fingerprint density at radius 1 is 1.19 bits per heavy atom. The van der Waals surface area contributed by atoms with Gasteiger partial charge in [0.05, 0.1) is 29.0 Å². The van der Waals surface area contributed by atoms with Crippen LogP contribution in [0.5, 0.6) is 0 Å². The molecular weight excluding hydrogens is 344 g/mol. The highest BCUT2D eigenvalue weighted by atomic mass is 16.4. The molecule has 0 amide bonds. The number of aliphatic imine (C=N–C) groups is 1. The number of carboxylic acid groups (broad SMARTS) is 2. The second-order valence-electron chi connectivity index (χ2n) is 6.71. The summed E-state index contributed by atoms with van der Waals surface area (Å²) in [5.41, 5.74) is 4.08. The van der Waals surface area contributed by atoms with Crippen LogP contribution >= 0.6 is 0 Å². The van der Waals surface area contributed by atoms with E-state index in [4.69, 9.17) is 5.11 Å². The van der Waals surface area contributed by atoms with E-state index in [2.05, 4.69) is 21.7 Å². The van der Waals surface area contributed by atoms with Crippen molar-refractivity contribution in [3.8, 4) is 0 Å². The number of aliphatic carboxylic acids is 2. The van der Waals surface area contributed by atoms with E-state index in [1.807, 2.05) is 19.9 Å². The number of fused-ring (bicyclic) bond motifs is 5. The molecule has 0 bridgehead atoms. The van der Waals surface area contributed by atoms with Crippen molar-refractivity contribution in [3.05, 3.63) is 53.2 Å². The first-order valence-electron chi connectivity index (χ1n) is 8.63.